The molecule has 0 unspecified atom stereocenters. The maximum Gasteiger partial charge on any atom is 0.261 e. The third kappa shape index (κ3) is 7.68. The lowest BCUT2D eigenvalue weighted by Gasteiger charge is -2.30. The third-order valence-corrected chi connectivity index (χ3v) is 9.49. The molecule has 1 saturated heterocycles. The Balaban J connectivity index is 1.07. The average molecular weight is 723 g/mol. The summed E-state index contributed by atoms with van der Waals surface area (Å²) in [4.78, 5) is 33.7. The van der Waals surface area contributed by atoms with Gasteiger partial charge in [-0.3, -0.25) is 14.6 Å². The fourth-order valence-electron chi connectivity index (χ4n) is 6.51. The molecule has 12 heteroatoms. The van der Waals surface area contributed by atoms with E-state index in [1.165, 1.54) is 47.9 Å². The highest BCUT2D eigenvalue weighted by atomic mass is 19.2. The van der Waals surface area contributed by atoms with Gasteiger partial charge >= 0.3 is 0 Å². The summed E-state index contributed by atoms with van der Waals surface area (Å²) >= 11 is 0. The average Bonchev–Trinajstić information content (AvgIpc) is 3.16. The molecule has 2 aromatic heterocycles. The summed E-state index contributed by atoms with van der Waals surface area (Å²) in [6.07, 6.45) is 6.12. The van der Waals surface area contributed by atoms with E-state index in [1.807, 2.05) is 0 Å². The van der Waals surface area contributed by atoms with Gasteiger partial charge in [-0.25, -0.2) is 13.2 Å². The molecule has 0 radical (unpaired) electrons. The van der Waals surface area contributed by atoms with Gasteiger partial charge in [0.1, 0.15) is 11.3 Å². The third-order valence-electron chi connectivity index (χ3n) is 9.49. The number of piperidine rings is 1. The number of rotatable bonds is 11. The summed E-state index contributed by atoms with van der Waals surface area (Å²) in [5.74, 6) is -1.70. The van der Waals surface area contributed by atoms with E-state index in [1.54, 1.807) is 49.7 Å². The van der Waals surface area contributed by atoms with Crippen molar-refractivity contribution in [3.05, 3.63) is 124 Å². The molecule has 0 saturated carbocycles. The Labute approximate surface area is 303 Å². The second kappa shape index (κ2) is 15.4. The Morgan fingerprint density at radius 3 is 2.45 bits per heavy atom. The molecule has 1 amide bonds. The van der Waals surface area contributed by atoms with Crippen LogP contribution >= 0.6 is 0 Å². The number of halogens is 3. The van der Waals surface area contributed by atoms with E-state index >= 15 is 4.39 Å². The molecule has 4 aromatic carbocycles. The van der Waals surface area contributed by atoms with Gasteiger partial charge in [0, 0.05) is 59.3 Å². The summed E-state index contributed by atoms with van der Waals surface area (Å²) < 4.78 is 62.5. The minimum Gasteiger partial charge on any atom is -0.493 e. The van der Waals surface area contributed by atoms with Crippen LogP contribution in [0.15, 0.2) is 96.1 Å². The van der Waals surface area contributed by atoms with E-state index < -0.39 is 28.8 Å². The van der Waals surface area contributed by atoms with Gasteiger partial charge in [0.05, 0.1) is 24.8 Å². The van der Waals surface area contributed by atoms with Crippen molar-refractivity contribution in [2.45, 2.75) is 26.2 Å². The van der Waals surface area contributed by atoms with Crippen molar-refractivity contribution in [1.82, 2.24) is 14.5 Å². The van der Waals surface area contributed by atoms with Crippen LogP contribution < -0.4 is 25.0 Å². The molecule has 0 bridgehead atoms. The normalized spacial score (nSPS) is 13.7. The Morgan fingerprint density at radius 1 is 0.868 bits per heavy atom. The van der Waals surface area contributed by atoms with E-state index in [4.69, 9.17) is 14.2 Å². The second-order valence-corrected chi connectivity index (χ2v) is 13.1. The highest BCUT2D eigenvalue weighted by Crippen LogP contribution is 2.38. The van der Waals surface area contributed by atoms with Crippen molar-refractivity contribution in [3.8, 4) is 28.7 Å². The predicted octanol–water partition coefficient (Wildman–Crippen LogP) is 8.51. The number of fused-ring (bicyclic) bond motifs is 2. The van der Waals surface area contributed by atoms with Gasteiger partial charge in [0.15, 0.2) is 34.7 Å². The number of amides is 1. The zero-order chi connectivity index (χ0) is 37.1. The summed E-state index contributed by atoms with van der Waals surface area (Å²) in [5.41, 5.74) is 0.339. The van der Waals surface area contributed by atoms with Crippen molar-refractivity contribution in [2.75, 3.05) is 38.7 Å². The maximum atomic E-state index is 15.5. The number of nitrogens with zero attached hydrogens (tertiary/aromatic N) is 3. The highest BCUT2D eigenvalue weighted by molar-refractivity contribution is 6.06. The van der Waals surface area contributed by atoms with Crippen LogP contribution in [0.5, 0.6) is 23.0 Å². The number of carbonyl (C=O) groups excluding carboxylic acids is 1. The SMILES string of the molecule is COc1cc2c(Oc3ccc(NC(=O)c4cn(-c5ccc(F)c(F)c5)c5ccccc5c4=O)cc3F)ccnc2cc1OCCCN1CCC(C)CC1. The van der Waals surface area contributed by atoms with Gasteiger partial charge in [0.25, 0.3) is 5.91 Å². The molecular formula is C41H37F3N4O5. The topological polar surface area (TPSA) is 94.9 Å². The number of pyridine rings is 2. The zero-order valence-electron chi connectivity index (χ0n) is 29.2. The number of aromatic nitrogens is 2. The van der Waals surface area contributed by atoms with Crippen LogP contribution in [0.2, 0.25) is 0 Å². The van der Waals surface area contributed by atoms with E-state index in [2.05, 4.69) is 22.1 Å². The molecule has 0 spiro atoms. The number of hydrogen-bond donors (Lipinski definition) is 1. The van der Waals surface area contributed by atoms with Gasteiger partial charge in [-0.15, -0.1) is 0 Å². The molecule has 1 aliphatic rings. The Bertz CT molecular complexity index is 2380. The van der Waals surface area contributed by atoms with E-state index in [0.717, 1.165) is 50.2 Å². The van der Waals surface area contributed by atoms with E-state index in [9.17, 15) is 18.4 Å². The largest absolute Gasteiger partial charge is 0.493 e. The minimum atomic E-state index is -1.09. The molecular weight excluding hydrogens is 685 g/mol. The molecule has 3 heterocycles. The van der Waals surface area contributed by atoms with Crippen LogP contribution in [0.1, 0.15) is 36.5 Å². The number of likely N-dealkylation sites (tertiary alicyclic amines) is 1. The fourth-order valence-corrected chi connectivity index (χ4v) is 6.51. The number of anilines is 1. The first kappa shape index (κ1) is 35.5. The quantitative estimate of drug-likeness (QED) is 0.134. The second-order valence-electron chi connectivity index (χ2n) is 13.1. The summed E-state index contributed by atoms with van der Waals surface area (Å²) in [5, 5.41) is 3.32. The van der Waals surface area contributed by atoms with Crippen molar-refractivity contribution in [2.24, 2.45) is 5.92 Å². The summed E-state index contributed by atoms with van der Waals surface area (Å²) in [6.45, 7) is 6.01. The van der Waals surface area contributed by atoms with Gasteiger partial charge in [-0.05, 0) is 86.8 Å². The van der Waals surface area contributed by atoms with Crippen LogP contribution in [0, 0.1) is 23.4 Å². The number of ether oxygens (including phenoxy) is 3. The number of methoxy groups -OCH3 is 1. The Kier molecular flexibility index (Phi) is 10.3. The van der Waals surface area contributed by atoms with Crippen LogP contribution in [0.25, 0.3) is 27.5 Å². The lowest BCUT2D eigenvalue weighted by molar-refractivity contribution is 0.102. The monoisotopic (exact) mass is 722 g/mol. The van der Waals surface area contributed by atoms with Crippen molar-refractivity contribution in [1.29, 1.82) is 0 Å². The first-order valence-electron chi connectivity index (χ1n) is 17.4. The molecule has 7 rings (SSSR count). The molecule has 1 fully saturated rings. The standard InChI is InChI=1S/C41H37F3N4O5/c1-25-13-17-47(18-14-25)16-5-19-52-39-23-34-29(22-38(39)51-2)36(12-15-45-34)53-37-11-8-26(20-33(37)44)46-41(50)30-24-48(27-9-10-31(42)32(43)21-27)35-7-4-3-6-28(35)40(30)49/h3-4,6-12,15,20-25H,5,13-14,16-19H2,1-2H3,(H,46,50). The number of benzene rings is 4. The van der Waals surface area contributed by atoms with Crippen molar-refractivity contribution >= 4 is 33.4 Å². The molecule has 6 aromatic rings. The predicted molar refractivity (Wildman–Crippen MR) is 197 cm³/mol. The van der Waals surface area contributed by atoms with Gasteiger partial charge in [0.2, 0.25) is 5.43 Å². The molecule has 1 N–H and O–H groups in total. The summed E-state index contributed by atoms with van der Waals surface area (Å²) in [7, 11) is 1.54. The lowest BCUT2D eigenvalue weighted by Crippen LogP contribution is -2.34. The smallest absolute Gasteiger partial charge is 0.261 e. The molecule has 272 valence electrons. The number of hydrogen-bond acceptors (Lipinski definition) is 7. The number of nitrogens with one attached hydrogen (secondary N) is 1. The fraction of sp³-hybridized carbons (Fsp3) is 0.244. The van der Waals surface area contributed by atoms with Crippen molar-refractivity contribution in [3.63, 3.8) is 0 Å². The molecule has 0 atom stereocenters. The molecule has 9 nitrogen and oxygen atoms in total. The van der Waals surface area contributed by atoms with Crippen LogP contribution in [-0.4, -0.2) is 53.7 Å². The van der Waals surface area contributed by atoms with E-state index in [-0.39, 0.29) is 28.1 Å². The van der Waals surface area contributed by atoms with Crippen molar-refractivity contribution < 1.29 is 32.2 Å². The number of carbonyl (C=O) groups is 1. The first-order valence-corrected chi connectivity index (χ1v) is 17.4. The molecule has 53 heavy (non-hydrogen) atoms. The zero-order valence-corrected chi connectivity index (χ0v) is 29.2. The maximum absolute atomic E-state index is 15.5. The Morgan fingerprint density at radius 2 is 1.68 bits per heavy atom. The highest BCUT2D eigenvalue weighted by Gasteiger charge is 2.20. The van der Waals surface area contributed by atoms with Gasteiger partial charge in [-0.2, -0.15) is 0 Å². The molecule has 0 aliphatic carbocycles. The van der Waals surface area contributed by atoms with Crippen LogP contribution in [0.3, 0.4) is 0 Å². The minimum absolute atomic E-state index is 0.0599. The Hall–Kier alpha value is -5.88. The number of para-hydroxylation sites is 1. The lowest BCUT2D eigenvalue weighted by atomic mass is 9.99. The van der Waals surface area contributed by atoms with Gasteiger partial charge in [-0.1, -0.05) is 19.1 Å². The van der Waals surface area contributed by atoms with Crippen LogP contribution in [-0.2, 0) is 0 Å². The van der Waals surface area contributed by atoms with Crippen LogP contribution in [0.4, 0.5) is 18.9 Å². The van der Waals surface area contributed by atoms with E-state index in [0.29, 0.717) is 40.3 Å². The summed E-state index contributed by atoms with van der Waals surface area (Å²) in [6, 6.07) is 18.7. The first-order chi connectivity index (χ1) is 25.7. The molecule has 1 aliphatic heterocycles. The van der Waals surface area contributed by atoms with Gasteiger partial charge < -0.3 is 29.0 Å².